The summed E-state index contributed by atoms with van der Waals surface area (Å²) in [6, 6.07) is 13.2. The van der Waals surface area contributed by atoms with Gasteiger partial charge >= 0.3 is 5.97 Å². The first-order valence-corrected chi connectivity index (χ1v) is 9.91. The Morgan fingerprint density at radius 1 is 1.13 bits per heavy atom. The zero-order chi connectivity index (χ0) is 22.1. The molecule has 0 bridgehead atoms. The number of carbonyl (C=O) groups excluding carboxylic acids is 1. The van der Waals surface area contributed by atoms with Gasteiger partial charge in [-0.2, -0.15) is 5.10 Å². The second kappa shape index (κ2) is 10.4. The molecule has 0 aliphatic heterocycles. The second-order valence-electron chi connectivity index (χ2n) is 8.14. The summed E-state index contributed by atoms with van der Waals surface area (Å²) in [7, 11) is 0. The van der Waals surface area contributed by atoms with Crippen LogP contribution < -0.4 is 16.5 Å². The molecule has 2 rings (SSSR count). The molecule has 0 fully saturated rings. The molecular formula is C23H30N4O3. The molecule has 0 aliphatic carbocycles. The number of carboxylic acids is 1. The molecule has 5 N–H and O–H groups in total. The minimum absolute atomic E-state index is 0.0899. The van der Waals surface area contributed by atoms with Crippen molar-refractivity contribution < 1.29 is 14.7 Å². The monoisotopic (exact) mass is 410 g/mol. The summed E-state index contributed by atoms with van der Waals surface area (Å²) in [6.45, 7) is 6.86. The maximum atomic E-state index is 12.4. The summed E-state index contributed by atoms with van der Waals surface area (Å²) in [5.41, 5.74) is 4.49. The van der Waals surface area contributed by atoms with Gasteiger partial charge in [0.05, 0.1) is 0 Å². The van der Waals surface area contributed by atoms with Crippen LogP contribution in [0, 0.1) is 0 Å². The number of benzene rings is 2. The third-order valence-corrected chi connectivity index (χ3v) is 4.72. The largest absolute Gasteiger partial charge is 0.481 e. The summed E-state index contributed by atoms with van der Waals surface area (Å²) in [5, 5.41) is 18.2. The van der Waals surface area contributed by atoms with E-state index in [1.165, 1.54) is 6.34 Å². The molecule has 2 aromatic carbocycles. The van der Waals surface area contributed by atoms with Gasteiger partial charge in [-0.25, -0.2) is 0 Å². The SMILES string of the molecule is CC(C)(C)c1cc(CCNC(=O)c2cccc(NC=NN)c2)ccc1CCC(=O)O. The van der Waals surface area contributed by atoms with Crippen LogP contribution in [0.4, 0.5) is 5.69 Å². The van der Waals surface area contributed by atoms with E-state index < -0.39 is 5.97 Å². The molecule has 7 heteroatoms. The van der Waals surface area contributed by atoms with Crippen LogP contribution >= 0.6 is 0 Å². The maximum Gasteiger partial charge on any atom is 0.303 e. The number of amides is 1. The Morgan fingerprint density at radius 3 is 2.57 bits per heavy atom. The normalized spacial score (nSPS) is 11.4. The highest BCUT2D eigenvalue weighted by Crippen LogP contribution is 2.28. The van der Waals surface area contributed by atoms with Gasteiger partial charge in [0.15, 0.2) is 0 Å². The lowest BCUT2D eigenvalue weighted by Gasteiger charge is -2.24. The van der Waals surface area contributed by atoms with E-state index >= 15 is 0 Å². The first kappa shape index (κ1) is 22.9. The highest BCUT2D eigenvalue weighted by molar-refractivity contribution is 5.95. The van der Waals surface area contributed by atoms with E-state index in [2.05, 4.69) is 42.6 Å². The van der Waals surface area contributed by atoms with Crippen LogP contribution in [0.25, 0.3) is 0 Å². The highest BCUT2D eigenvalue weighted by atomic mass is 16.4. The molecule has 7 nitrogen and oxygen atoms in total. The molecule has 0 radical (unpaired) electrons. The first-order chi connectivity index (χ1) is 14.2. The first-order valence-electron chi connectivity index (χ1n) is 9.91. The summed E-state index contributed by atoms with van der Waals surface area (Å²) in [6.07, 6.45) is 2.66. The fourth-order valence-corrected chi connectivity index (χ4v) is 3.22. The van der Waals surface area contributed by atoms with Crippen LogP contribution in [0.2, 0.25) is 0 Å². The molecule has 0 unspecified atom stereocenters. The van der Waals surface area contributed by atoms with E-state index in [1.54, 1.807) is 18.2 Å². The summed E-state index contributed by atoms with van der Waals surface area (Å²) < 4.78 is 0. The molecule has 0 saturated carbocycles. The number of rotatable bonds is 9. The molecular weight excluding hydrogens is 380 g/mol. The average Bonchev–Trinajstić information content (AvgIpc) is 2.70. The Hall–Kier alpha value is -3.35. The number of nitrogens with zero attached hydrogens (tertiary/aromatic N) is 1. The van der Waals surface area contributed by atoms with Crippen LogP contribution in [0.5, 0.6) is 0 Å². The molecule has 0 saturated heterocycles. The van der Waals surface area contributed by atoms with E-state index in [1.807, 2.05) is 18.2 Å². The molecule has 2 aromatic rings. The number of hydrogen-bond acceptors (Lipinski definition) is 4. The number of aliphatic carboxylic acids is 1. The van der Waals surface area contributed by atoms with Crippen molar-refractivity contribution in [3.8, 4) is 0 Å². The van der Waals surface area contributed by atoms with E-state index in [-0.39, 0.29) is 17.7 Å². The van der Waals surface area contributed by atoms with Gasteiger partial charge in [0.25, 0.3) is 5.91 Å². The Labute approximate surface area is 177 Å². The van der Waals surface area contributed by atoms with E-state index in [0.29, 0.717) is 24.9 Å². The van der Waals surface area contributed by atoms with Crippen LogP contribution in [0.3, 0.4) is 0 Å². The zero-order valence-electron chi connectivity index (χ0n) is 17.7. The molecule has 0 spiro atoms. The average molecular weight is 411 g/mol. The molecule has 160 valence electrons. The number of nitrogens with one attached hydrogen (secondary N) is 2. The standard InChI is InChI=1S/C23H30N4O3/c1-23(2,3)20-13-16(7-8-17(20)9-10-21(28)29)11-12-25-22(30)18-5-4-6-19(14-18)26-15-27-24/h4-8,13-15H,9-12,24H2,1-3H3,(H,25,30)(H,26,27)(H,28,29). The fourth-order valence-electron chi connectivity index (χ4n) is 3.22. The van der Waals surface area contributed by atoms with Crippen molar-refractivity contribution in [2.75, 3.05) is 11.9 Å². The van der Waals surface area contributed by atoms with Crippen molar-refractivity contribution in [2.24, 2.45) is 10.9 Å². The van der Waals surface area contributed by atoms with Gasteiger partial charge in [-0.3, -0.25) is 9.59 Å². The van der Waals surface area contributed by atoms with Crippen molar-refractivity contribution >= 4 is 23.9 Å². The van der Waals surface area contributed by atoms with Crippen LogP contribution in [0.15, 0.2) is 47.6 Å². The smallest absolute Gasteiger partial charge is 0.303 e. The Balaban J connectivity index is 2.01. The van der Waals surface area contributed by atoms with Crippen molar-refractivity contribution in [1.82, 2.24) is 5.32 Å². The quantitative estimate of drug-likeness (QED) is 0.219. The van der Waals surface area contributed by atoms with Crippen molar-refractivity contribution in [3.05, 3.63) is 64.7 Å². The van der Waals surface area contributed by atoms with Gasteiger partial charge in [0.2, 0.25) is 0 Å². The predicted octanol–water partition coefficient (Wildman–Crippen LogP) is 3.29. The summed E-state index contributed by atoms with van der Waals surface area (Å²) in [5.74, 6) is 4.12. The number of carbonyl (C=O) groups is 2. The number of hydrogen-bond donors (Lipinski definition) is 4. The number of hydrazone groups is 1. The van der Waals surface area contributed by atoms with Gasteiger partial charge in [0.1, 0.15) is 6.34 Å². The van der Waals surface area contributed by atoms with Crippen molar-refractivity contribution in [1.29, 1.82) is 0 Å². The maximum absolute atomic E-state index is 12.4. The number of carboxylic acid groups (broad SMARTS) is 1. The fraction of sp³-hybridized carbons (Fsp3) is 0.348. The molecule has 0 aromatic heterocycles. The van der Waals surface area contributed by atoms with E-state index in [0.717, 1.165) is 22.4 Å². The third kappa shape index (κ3) is 6.92. The third-order valence-electron chi connectivity index (χ3n) is 4.72. The lowest BCUT2D eigenvalue weighted by Crippen LogP contribution is -2.26. The van der Waals surface area contributed by atoms with Crippen LogP contribution in [-0.4, -0.2) is 29.9 Å². The van der Waals surface area contributed by atoms with Gasteiger partial charge in [-0.05, 0) is 53.1 Å². The van der Waals surface area contributed by atoms with Crippen LogP contribution in [0.1, 0.15) is 54.2 Å². The van der Waals surface area contributed by atoms with Crippen LogP contribution in [-0.2, 0) is 23.1 Å². The van der Waals surface area contributed by atoms with Crippen molar-refractivity contribution in [3.63, 3.8) is 0 Å². The predicted molar refractivity (Wildman–Crippen MR) is 120 cm³/mol. The lowest BCUT2D eigenvalue weighted by atomic mass is 9.81. The number of anilines is 1. The zero-order valence-corrected chi connectivity index (χ0v) is 17.7. The minimum atomic E-state index is -0.795. The van der Waals surface area contributed by atoms with Crippen molar-refractivity contribution in [2.45, 2.75) is 45.4 Å². The van der Waals surface area contributed by atoms with Gasteiger partial charge < -0.3 is 21.6 Å². The highest BCUT2D eigenvalue weighted by Gasteiger charge is 2.19. The Morgan fingerprint density at radius 2 is 1.90 bits per heavy atom. The molecule has 0 aliphatic rings. The number of nitrogens with two attached hydrogens (primary N) is 1. The lowest BCUT2D eigenvalue weighted by molar-refractivity contribution is -0.136. The summed E-state index contributed by atoms with van der Waals surface area (Å²) in [4.78, 5) is 23.4. The molecule has 30 heavy (non-hydrogen) atoms. The molecule has 0 atom stereocenters. The Bertz CT molecular complexity index is 917. The Kier molecular flexibility index (Phi) is 7.98. The number of aryl methyl sites for hydroxylation is 1. The van der Waals surface area contributed by atoms with Gasteiger partial charge in [-0.1, -0.05) is 45.0 Å². The topological polar surface area (TPSA) is 117 Å². The van der Waals surface area contributed by atoms with E-state index in [4.69, 9.17) is 10.9 Å². The van der Waals surface area contributed by atoms with Gasteiger partial charge in [0, 0.05) is 24.2 Å². The van der Waals surface area contributed by atoms with E-state index in [9.17, 15) is 9.59 Å². The summed E-state index contributed by atoms with van der Waals surface area (Å²) >= 11 is 0. The minimum Gasteiger partial charge on any atom is -0.481 e. The molecule has 1 amide bonds. The van der Waals surface area contributed by atoms with Gasteiger partial charge in [-0.15, -0.1) is 0 Å². The second-order valence-corrected chi connectivity index (χ2v) is 8.14. The molecule has 0 heterocycles.